The molecule has 21 heavy (non-hydrogen) atoms. The van der Waals surface area contributed by atoms with Crippen molar-refractivity contribution in [1.29, 1.82) is 0 Å². The minimum absolute atomic E-state index is 0.970. The second-order valence-electron chi connectivity index (χ2n) is 4.88. The van der Waals surface area contributed by atoms with Gasteiger partial charge in [-0.05, 0) is 56.0 Å². The summed E-state index contributed by atoms with van der Waals surface area (Å²) in [5, 5.41) is 0. The van der Waals surface area contributed by atoms with Crippen LogP contribution in [0, 0.1) is 27.7 Å². The highest BCUT2D eigenvalue weighted by molar-refractivity contribution is 6.10. The molecule has 1 nitrogen and oxygen atoms in total. The molecule has 0 aliphatic heterocycles. The zero-order valence-corrected chi connectivity index (χ0v) is 14.6. The molecule has 0 heterocycles. The summed E-state index contributed by atoms with van der Waals surface area (Å²) >= 11 is 0. The first-order chi connectivity index (χ1) is 9.95. The van der Waals surface area contributed by atoms with Crippen LogP contribution in [0.2, 0.25) is 0 Å². The van der Waals surface area contributed by atoms with E-state index in [1.54, 1.807) is 7.05 Å². The predicted octanol–water partition coefficient (Wildman–Crippen LogP) is 5.69. The van der Waals surface area contributed by atoms with E-state index in [0.29, 0.717) is 0 Å². The van der Waals surface area contributed by atoms with E-state index in [9.17, 15) is 0 Å². The Morgan fingerprint density at radius 1 is 0.857 bits per heavy atom. The monoisotopic (exact) mass is 283 g/mol. The van der Waals surface area contributed by atoms with Gasteiger partial charge in [0.25, 0.3) is 0 Å². The van der Waals surface area contributed by atoms with Gasteiger partial charge in [-0.1, -0.05) is 56.4 Å². The second kappa shape index (κ2) is 9.93. The molecule has 114 valence electrons. The van der Waals surface area contributed by atoms with Crippen LogP contribution in [0.1, 0.15) is 36.1 Å². The van der Waals surface area contributed by atoms with Crippen molar-refractivity contribution in [3.05, 3.63) is 70.8 Å². The Morgan fingerprint density at radius 2 is 1.33 bits per heavy atom. The van der Waals surface area contributed by atoms with Gasteiger partial charge in [0, 0.05) is 7.05 Å². The molecule has 0 saturated carbocycles. The van der Waals surface area contributed by atoms with Gasteiger partial charge in [-0.3, -0.25) is 4.99 Å². The summed E-state index contributed by atoms with van der Waals surface area (Å²) in [4.78, 5) is 4.01. The molecule has 0 bridgehead atoms. The predicted molar refractivity (Wildman–Crippen MR) is 97.5 cm³/mol. The molecule has 0 saturated heterocycles. The lowest BCUT2D eigenvalue weighted by atomic mass is 10.0. The average molecular weight is 283 g/mol. The summed E-state index contributed by atoms with van der Waals surface area (Å²) < 4.78 is 0. The lowest BCUT2D eigenvalue weighted by molar-refractivity contribution is 1.23. The van der Waals surface area contributed by atoms with Gasteiger partial charge in [0.05, 0.1) is 5.71 Å². The van der Waals surface area contributed by atoms with E-state index in [0.717, 1.165) is 11.3 Å². The molecule has 1 heteroatoms. The van der Waals surface area contributed by atoms with Crippen LogP contribution in [-0.4, -0.2) is 12.8 Å². The van der Waals surface area contributed by atoms with Crippen LogP contribution in [0.3, 0.4) is 0 Å². The van der Waals surface area contributed by atoms with E-state index in [1.807, 2.05) is 38.2 Å². The average Bonchev–Trinajstić information content (AvgIpc) is 2.48. The van der Waals surface area contributed by atoms with Crippen molar-refractivity contribution in [2.75, 3.05) is 7.05 Å². The fraction of sp³-hybridized carbons (Fsp3) is 0.350. The van der Waals surface area contributed by atoms with Crippen LogP contribution < -0.4 is 0 Å². The molecule has 1 aromatic carbocycles. The summed E-state index contributed by atoms with van der Waals surface area (Å²) in [7, 11) is 1.77. The van der Waals surface area contributed by atoms with Crippen LogP contribution in [0.5, 0.6) is 0 Å². The third-order valence-corrected chi connectivity index (χ3v) is 3.30. The molecule has 0 amide bonds. The smallest absolute Gasteiger partial charge is 0.0637 e. The van der Waals surface area contributed by atoms with Crippen molar-refractivity contribution >= 4 is 5.71 Å². The third kappa shape index (κ3) is 6.40. The van der Waals surface area contributed by atoms with Crippen LogP contribution in [0.4, 0.5) is 0 Å². The summed E-state index contributed by atoms with van der Waals surface area (Å²) in [6.45, 7) is 16.4. The highest BCUT2D eigenvalue weighted by Gasteiger charge is 1.97. The number of aryl methyl sites for hydroxylation is 3. The van der Waals surface area contributed by atoms with Crippen LogP contribution in [0.15, 0.2) is 53.6 Å². The Bertz CT molecular complexity index is 534. The van der Waals surface area contributed by atoms with Crippen molar-refractivity contribution in [1.82, 2.24) is 0 Å². The summed E-state index contributed by atoms with van der Waals surface area (Å²) in [5.74, 6) is 0. The molecule has 0 unspecified atom stereocenters. The van der Waals surface area contributed by atoms with Gasteiger partial charge in [-0.25, -0.2) is 0 Å². The van der Waals surface area contributed by atoms with Crippen LogP contribution >= 0.6 is 0 Å². The molecule has 0 N–H and O–H groups in total. The lowest BCUT2D eigenvalue weighted by Gasteiger charge is -2.04. The zero-order chi connectivity index (χ0) is 16.4. The number of hydrogen-bond donors (Lipinski definition) is 0. The van der Waals surface area contributed by atoms with Crippen molar-refractivity contribution in [2.45, 2.75) is 41.5 Å². The van der Waals surface area contributed by atoms with Gasteiger partial charge in [0.15, 0.2) is 0 Å². The number of rotatable bonds is 0. The molecule has 0 spiro atoms. The van der Waals surface area contributed by atoms with Gasteiger partial charge in [0.2, 0.25) is 0 Å². The molecule has 1 aromatic rings. The van der Waals surface area contributed by atoms with E-state index in [-0.39, 0.29) is 0 Å². The first-order valence-corrected chi connectivity index (χ1v) is 7.51. The van der Waals surface area contributed by atoms with Gasteiger partial charge in [-0.15, -0.1) is 0 Å². The molecular weight excluding hydrogens is 254 g/mol. The van der Waals surface area contributed by atoms with Gasteiger partial charge < -0.3 is 0 Å². The summed E-state index contributed by atoms with van der Waals surface area (Å²) in [6.07, 6.45) is 7.80. The third-order valence-electron chi connectivity index (χ3n) is 3.30. The topological polar surface area (TPSA) is 12.4 Å². The van der Waals surface area contributed by atoms with Gasteiger partial charge >= 0.3 is 0 Å². The minimum atomic E-state index is 0.970. The molecule has 1 aliphatic carbocycles. The van der Waals surface area contributed by atoms with E-state index in [2.05, 4.69) is 51.4 Å². The molecule has 2 rings (SSSR count). The fourth-order valence-corrected chi connectivity index (χ4v) is 1.98. The molecule has 0 atom stereocenters. The van der Waals surface area contributed by atoms with E-state index < -0.39 is 0 Å². The number of nitrogens with zero attached hydrogens (tertiary/aromatic N) is 1. The van der Waals surface area contributed by atoms with Gasteiger partial charge in [0.1, 0.15) is 0 Å². The molecule has 0 aromatic heterocycles. The molecular formula is C20H29N. The van der Waals surface area contributed by atoms with Crippen molar-refractivity contribution in [2.24, 2.45) is 4.99 Å². The minimum Gasteiger partial charge on any atom is -0.288 e. The van der Waals surface area contributed by atoms with Crippen molar-refractivity contribution in [3.63, 3.8) is 0 Å². The Labute approximate surface area is 130 Å². The Morgan fingerprint density at radius 3 is 1.71 bits per heavy atom. The number of hydrogen-bond acceptors (Lipinski definition) is 1. The first-order valence-electron chi connectivity index (χ1n) is 7.51. The highest BCUT2D eigenvalue weighted by atomic mass is 14.7. The van der Waals surface area contributed by atoms with Crippen LogP contribution in [-0.2, 0) is 0 Å². The molecule has 0 fully saturated rings. The maximum Gasteiger partial charge on any atom is 0.0637 e. The van der Waals surface area contributed by atoms with Gasteiger partial charge in [-0.2, -0.15) is 0 Å². The zero-order valence-electron chi connectivity index (χ0n) is 14.6. The lowest BCUT2D eigenvalue weighted by Crippen LogP contribution is -1.96. The second-order valence-corrected chi connectivity index (χ2v) is 4.88. The Hall–Kier alpha value is -1.89. The van der Waals surface area contributed by atoms with Crippen molar-refractivity contribution < 1.29 is 0 Å². The highest BCUT2D eigenvalue weighted by Crippen LogP contribution is 2.13. The number of aliphatic imine (C=N–C) groups is 1. The molecule has 0 radical (unpaired) electrons. The number of benzene rings is 1. The largest absolute Gasteiger partial charge is 0.288 e. The molecule has 1 aliphatic rings. The standard InChI is InChI=1S/C10H14.C8H9N.C2H6/c1-7-5-8(2)10(4)9(3)6-7;1-7-5-3-4-6-8(7)9-2;1-2/h5-6H,1-4H3;3-6H,1H2,2H3;1-2H3. The Kier molecular flexibility index (Phi) is 9.03. The van der Waals surface area contributed by atoms with E-state index in [4.69, 9.17) is 0 Å². The first kappa shape index (κ1) is 19.1. The van der Waals surface area contributed by atoms with Crippen LogP contribution in [0.25, 0.3) is 0 Å². The summed E-state index contributed by atoms with van der Waals surface area (Å²) in [5.41, 5.74) is 7.54. The van der Waals surface area contributed by atoms with E-state index >= 15 is 0 Å². The quantitative estimate of drug-likeness (QED) is 0.580. The SMILES string of the molecule is C=C1C=CC=CC1=NC.CC.Cc1cc(C)c(C)c(C)c1. The van der Waals surface area contributed by atoms with E-state index in [1.165, 1.54) is 22.3 Å². The number of allylic oxidation sites excluding steroid dienone is 5. The Balaban J connectivity index is 0.000000342. The summed E-state index contributed by atoms with van der Waals surface area (Å²) in [6, 6.07) is 4.45. The maximum absolute atomic E-state index is 4.01. The fourth-order valence-electron chi connectivity index (χ4n) is 1.98. The van der Waals surface area contributed by atoms with Crippen molar-refractivity contribution in [3.8, 4) is 0 Å². The maximum atomic E-state index is 4.01. The normalized spacial score (nSPS) is 14.2.